The van der Waals surface area contributed by atoms with Crippen molar-refractivity contribution in [2.24, 2.45) is 0 Å². The quantitative estimate of drug-likeness (QED) is 0.607. The van der Waals surface area contributed by atoms with Crippen LogP contribution in [-0.2, 0) is 4.74 Å². The van der Waals surface area contributed by atoms with Crippen molar-refractivity contribution in [2.45, 2.75) is 0 Å². The molecular formula is C12H14N3O3+. The molecule has 0 atom stereocenters. The van der Waals surface area contributed by atoms with Crippen molar-refractivity contribution in [3.05, 3.63) is 35.8 Å². The summed E-state index contributed by atoms with van der Waals surface area (Å²) in [6, 6.07) is 4.77. The highest BCUT2D eigenvalue weighted by Crippen LogP contribution is 2.33. The molecule has 94 valence electrons. The zero-order valence-electron chi connectivity index (χ0n) is 10.3. The first-order valence-electron chi connectivity index (χ1n) is 5.17. The molecule has 1 rings (SSSR count). The van der Waals surface area contributed by atoms with E-state index >= 15 is 0 Å². The fourth-order valence-corrected chi connectivity index (χ4v) is 1.45. The van der Waals surface area contributed by atoms with E-state index in [2.05, 4.69) is 16.3 Å². The Bertz CT molecular complexity index is 494. The Kier molecular flexibility index (Phi) is 4.69. The third-order valence-electron chi connectivity index (χ3n) is 2.29. The maximum Gasteiger partial charge on any atom is 0.414 e. The second-order valence-electron chi connectivity index (χ2n) is 3.32. The second-order valence-corrected chi connectivity index (χ2v) is 3.32. The van der Waals surface area contributed by atoms with E-state index in [1.165, 1.54) is 25.2 Å². The molecule has 0 saturated heterocycles. The fourth-order valence-electron chi connectivity index (χ4n) is 1.45. The standard InChI is InChI=1S/C12H14N3O3/c1-4-7-15(12(16)18-3)11-6-5-9(17-2)8-10(11)14-13/h4-6,8H,1,7H2,2-3H3/q+1. The molecule has 6 heteroatoms. The monoisotopic (exact) mass is 248 g/mol. The third-order valence-corrected chi connectivity index (χ3v) is 2.29. The summed E-state index contributed by atoms with van der Waals surface area (Å²) in [7, 11) is 2.77. The first kappa shape index (κ1) is 13.5. The minimum atomic E-state index is -0.565. The van der Waals surface area contributed by atoms with Gasteiger partial charge in [-0.05, 0) is 12.1 Å². The van der Waals surface area contributed by atoms with Crippen molar-refractivity contribution in [3.63, 3.8) is 0 Å². The van der Waals surface area contributed by atoms with Crippen LogP contribution in [0.3, 0.4) is 0 Å². The van der Waals surface area contributed by atoms with Crippen LogP contribution in [0, 0.1) is 5.39 Å². The topological polar surface area (TPSA) is 66.9 Å². The number of benzene rings is 1. The van der Waals surface area contributed by atoms with Crippen molar-refractivity contribution >= 4 is 17.5 Å². The zero-order valence-corrected chi connectivity index (χ0v) is 10.3. The zero-order chi connectivity index (χ0) is 13.5. The number of amides is 1. The largest absolute Gasteiger partial charge is 0.496 e. The Balaban J connectivity index is 3.23. The van der Waals surface area contributed by atoms with Crippen molar-refractivity contribution in [1.29, 1.82) is 5.39 Å². The highest BCUT2D eigenvalue weighted by molar-refractivity contribution is 5.92. The lowest BCUT2D eigenvalue weighted by Crippen LogP contribution is -2.30. The van der Waals surface area contributed by atoms with Crippen molar-refractivity contribution in [1.82, 2.24) is 0 Å². The van der Waals surface area contributed by atoms with E-state index in [9.17, 15) is 4.79 Å². The second kappa shape index (κ2) is 6.25. The summed E-state index contributed by atoms with van der Waals surface area (Å²) in [5.74, 6) is 0.523. The first-order chi connectivity index (χ1) is 8.67. The lowest BCUT2D eigenvalue weighted by Gasteiger charge is -2.17. The number of hydrogen-bond acceptors (Lipinski definition) is 4. The first-order valence-corrected chi connectivity index (χ1v) is 5.17. The molecule has 0 spiro atoms. The maximum absolute atomic E-state index is 11.6. The van der Waals surface area contributed by atoms with E-state index in [0.29, 0.717) is 11.4 Å². The number of methoxy groups -OCH3 is 2. The fraction of sp³-hybridized carbons (Fsp3) is 0.250. The van der Waals surface area contributed by atoms with Crippen LogP contribution >= 0.6 is 0 Å². The number of carbonyl (C=O) groups excluding carboxylic acids is 1. The number of hydrogen-bond donors (Lipinski definition) is 0. The van der Waals surface area contributed by atoms with Gasteiger partial charge in [0.05, 0.1) is 20.3 Å². The predicted octanol–water partition coefficient (Wildman–Crippen LogP) is 2.94. The lowest BCUT2D eigenvalue weighted by molar-refractivity contribution is 0.179. The van der Waals surface area contributed by atoms with E-state index in [-0.39, 0.29) is 12.2 Å². The molecule has 0 radical (unpaired) electrons. The molecule has 0 N–H and O–H groups in total. The summed E-state index contributed by atoms with van der Waals surface area (Å²) in [5.41, 5.74) is 0.617. The Hall–Kier alpha value is -2.55. The van der Waals surface area contributed by atoms with Gasteiger partial charge in [-0.25, -0.2) is 4.79 Å². The van der Waals surface area contributed by atoms with Gasteiger partial charge in [0.2, 0.25) is 5.39 Å². The lowest BCUT2D eigenvalue weighted by atomic mass is 10.2. The number of nitrogens with zero attached hydrogens (tertiary/aromatic N) is 3. The summed E-state index contributed by atoms with van der Waals surface area (Å²) in [5, 5.41) is 8.97. The molecule has 0 heterocycles. The van der Waals surface area contributed by atoms with Gasteiger partial charge in [-0.2, -0.15) is 0 Å². The molecule has 1 aromatic rings. The van der Waals surface area contributed by atoms with Gasteiger partial charge in [-0.15, -0.1) is 6.58 Å². The Morgan fingerprint density at radius 3 is 2.78 bits per heavy atom. The van der Waals surface area contributed by atoms with Crippen LogP contribution in [0.25, 0.3) is 4.98 Å². The molecule has 1 amide bonds. The highest BCUT2D eigenvalue weighted by atomic mass is 16.5. The van der Waals surface area contributed by atoms with Gasteiger partial charge in [-0.3, -0.25) is 4.90 Å². The van der Waals surface area contributed by atoms with Crippen LogP contribution in [0.2, 0.25) is 0 Å². The van der Waals surface area contributed by atoms with Gasteiger partial charge in [0.15, 0.2) is 4.98 Å². The van der Waals surface area contributed by atoms with Crippen LogP contribution in [0.15, 0.2) is 30.9 Å². The molecule has 0 aliphatic heterocycles. The molecule has 0 aliphatic rings. The SMILES string of the molecule is C=CCN(C(=O)OC)c1ccc(OC)cc1[N+]#N. The Morgan fingerprint density at radius 1 is 1.56 bits per heavy atom. The summed E-state index contributed by atoms with van der Waals surface area (Å²) in [6.07, 6.45) is 0.979. The van der Waals surface area contributed by atoms with Gasteiger partial charge in [0, 0.05) is 6.54 Å². The van der Waals surface area contributed by atoms with E-state index in [1.807, 2.05) is 0 Å². The summed E-state index contributed by atoms with van der Waals surface area (Å²) >= 11 is 0. The molecule has 0 aliphatic carbocycles. The van der Waals surface area contributed by atoms with Crippen LogP contribution in [0.5, 0.6) is 5.75 Å². The van der Waals surface area contributed by atoms with Crippen LogP contribution in [0.4, 0.5) is 16.2 Å². The van der Waals surface area contributed by atoms with E-state index in [1.54, 1.807) is 18.2 Å². The Labute approximate surface area is 105 Å². The average molecular weight is 248 g/mol. The molecule has 0 saturated carbocycles. The number of ether oxygens (including phenoxy) is 2. The minimum absolute atomic E-state index is 0.210. The average Bonchev–Trinajstić information content (AvgIpc) is 2.43. The highest BCUT2D eigenvalue weighted by Gasteiger charge is 2.25. The number of rotatable bonds is 4. The van der Waals surface area contributed by atoms with Gasteiger partial charge in [-0.1, -0.05) is 6.08 Å². The van der Waals surface area contributed by atoms with Crippen LogP contribution in [-0.4, -0.2) is 26.9 Å². The molecule has 0 bridgehead atoms. The van der Waals surface area contributed by atoms with Crippen molar-refractivity contribution in [2.75, 3.05) is 25.7 Å². The molecule has 6 nitrogen and oxygen atoms in total. The number of carbonyl (C=O) groups is 1. The smallest absolute Gasteiger partial charge is 0.414 e. The van der Waals surface area contributed by atoms with E-state index in [0.717, 1.165) is 0 Å². The van der Waals surface area contributed by atoms with Crippen LogP contribution < -0.4 is 9.64 Å². The molecular weight excluding hydrogens is 234 g/mol. The van der Waals surface area contributed by atoms with E-state index < -0.39 is 6.09 Å². The summed E-state index contributed by atoms with van der Waals surface area (Å²) < 4.78 is 9.67. The molecule has 18 heavy (non-hydrogen) atoms. The van der Waals surface area contributed by atoms with Gasteiger partial charge < -0.3 is 9.47 Å². The van der Waals surface area contributed by atoms with Gasteiger partial charge in [0.1, 0.15) is 11.4 Å². The molecule has 0 aromatic heterocycles. The summed E-state index contributed by atoms with van der Waals surface area (Å²) in [6.45, 7) is 3.80. The van der Waals surface area contributed by atoms with Gasteiger partial charge >= 0.3 is 11.8 Å². The molecule has 0 fully saturated rings. The molecule has 1 aromatic carbocycles. The number of anilines is 1. The normalized spacial score (nSPS) is 9.17. The maximum atomic E-state index is 11.6. The molecule has 0 unspecified atom stereocenters. The number of diazo groups is 1. The van der Waals surface area contributed by atoms with Crippen molar-refractivity contribution < 1.29 is 14.3 Å². The van der Waals surface area contributed by atoms with E-state index in [4.69, 9.17) is 10.1 Å². The predicted molar refractivity (Wildman–Crippen MR) is 67.7 cm³/mol. The summed E-state index contributed by atoms with van der Waals surface area (Å²) in [4.78, 5) is 16.1. The van der Waals surface area contributed by atoms with Crippen molar-refractivity contribution in [3.8, 4) is 5.75 Å². The van der Waals surface area contributed by atoms with Gasteiger partial charge in [0.25, 0.3) is 0 Å². The Morgan fingerprint density at radius 2 is 2.28 bits per heavy atom. The third kappa shape index (κ3) is 2.77. The minimum Gasteiger partial charge on any atom is -0.496 e. The van der Waals surface area contributed by atoms with Crippen LogP contribution in [0.1, 0.15) is 0 Å².